The average molecular weight is 359 g/mol. The molecule has 24 heavy (non-hydrogen) atoms. The van der Waals surface area contributed by atoms with Gasteiger partial charge in [-0.05, 0) is 29.5 Å². The van der Waals surface area contributed by atoms with E-state index in [2.05, 4.69) is 31.4 Å². The maximum absolute atomic E-state index is 13.2. The number of benzene rings is 1. The highest BCUT2D eigenvalue weighted by Gasteiger charge is 2.24. The normalized spacial score (nSPS) is 19.2. The van der Waals surface area contributed by atoms with Crippen molar-refractivity contribution < 1.29 is 13.9 Å². The van der Waals surface area contributed by atoms with Gasteiger partial charge in [0.25, 0.3) is 0 Å². The number of nitrogens with one attached hydrogen (secondary N) is 2. The van der Waals surface area contributed by atoms with Gasteiger partial charge < -0.3 is 15.4 Å². The number of carbonyl (C=O) groups is 1. The minimum absolute atomic E-state index is 0. The van der Waals surface area contributed by atoms with Crippen molar-refractivity contribution in [1.29, 1.82) is 0 Å². The molecule has 0 aromatic heterocycles. The van der Waals surface area contributed by atoms with Crippen LogP contribution in [0.15, 0.2) is 24.3 Å². The lowest BCUT2D eigenvalue weighted by Crippen LogP contribution is -2.44. The first-order valence-corrected chi connectivity index (χ1v) is 8.19. The van der Waals surface area contributed by atoms with Crippen LogP contribution in [-0.2, 0) is 9.53 Å². The lowest BCUT2D eigenvalue weighted by atomic mass is 9.85. The summed E-state index contributed by atoms with van der Waals surface area (Å²) in [7, 11) is 0. The first kappa shape index (κ1) is 20.9. The van der Waals surface area contributed by atoms with Crippen LogP contribution in [0.2, 0.25) is 0 Å². The Morgan fingerprint density at radius 1 is 1.38 bits per heavy atom. The summed E-state index contributed by atoms with van der Waals surface area (Å²) in [4.78, 5) is 12.4. The first-order chi connectivity index (χ1) is 10.8. The Morgan fingerprint density at radius 3 is 2.58 bits per heavy atom. The van der Waals surface area contributed by atoms with Gasteiger partial charge in [-0.15, -0.1) is 12.4 Å². The third-order valence-electron chi connectivity index (χ3n) is 3.85. The van der Waals surface area contributed by atoms with Crippen molar-refractivity contribution in [1.82, 2.24) is 10.6 Å². The zero-order valence-electron chi connectivity index (χ0n) is 14.6. The number of morpholine rings is 1. The van der Waals surface area contributed by atoms with Gasteiger partial charge in [-0.1, -0.05) is 32.9 Å². The van der Waals surface area contributed by atoms with Gasteiger partial charge in [-0.2, -0.15) is 0 Å². The molecule has 2 atom stereocenters. The van der Waals surface area contributed by atoms with Gasteiger partial charge in [-0.25, -0.2) is 4.39 Å². The molecular weight excluding hydrogens is 331 g/mol. The molecular formula is C18H28ClFN2O2. The van der Waals surface area contributed by atoms with Crippen LogP contribution < -0.4 is 10.6 Å². The maximum atomic E-state index is 13.2. The maximum Gasteiger partial charge on any atom is 0.222 e. The summed E-state index contributed by atoms with van der Waals surface area (Å²) in [6.07, 6.45) is 1.18. The molecule has 1 aromatic carbocycles. The summed E-state index contributed by atoms with van der Waals surface area (Å²) in [6.45, 7) is 8.43. The number of rotatable bonds is 5. The second-order valence-corrected chi connectivity index (χ2v) is 7.37. The van der Waals surface area contributed by atoms with Crippen molar-refractivity contribution in [3.63, 3.8) is 0 Å². The first-order valence-electron chi connectivity index (χ1n) is 8.19. The summed E-state index contributed by atoms with van der Waals surface area (Å²) in [5.41, 5.74) is 0.987. The lowest BCUT2D eigenvalue weighted by molar-refractivity contribution is -0.123. The van der Waals surface area contributed by atoms with E-state index in [0.717, 1.165) is 18.5 Å². The van der Waals surface area contributed by atoms with E-state index in [0.29, 0.717) is 19.6 Å². The molecule has 6 heteroatoms. The van der Waals surface area contributed by atoms with Gasteiger partial charge in [0.1, 0.15) is 5.82 Å². The fourth-order valence-corrected chi connectivity index (χ4v) is 2.79. The summed E-state index contributed by atoms with van der Waals surface area (Å²) in [5.74, 6) is -0.273. The minimum atomic E-state index is -0.266. The van der Waals surface area contributed by atoms with E-state index >= 15 is 0 Å². The highest BCUT2D eigenvalue weighted by atomic mass is 35.5. The molecule has 136 valence electrons. The Hall–Kier alpha value is -1.17. The molecule has 1 aliphatic rings. The fourth-order valence-electron chi connectivity index (χ4n) is 2.79. The monoisotopic (exact) mass is 358 g/mol. The molecule has 1 aliphatic heterocycles. The Balaban J connectivity index is 0.00000288. The van der Waals surface area contributed by atoms with Crippen LogP contribution in [0.5, 0.6) is 0 Å². The van der Waals surface area contributed by atoms with E-state index in [4.69, 9.17) is 4.74 Å². The van der Waals surface area contributed by atoms with Crippen molar-refractivity contribution in [2.75, 3.05) is 19.8 Å². The molecule has 1 aromatic rings. The quantitative estimate of drug-likeness (QED) is 0.849. The lowest BCUT2D eigenvalue weighted by Gasteiger charge is -2.29. The molecule has 1 amide bonds. The van der Waals surface area contributed by atoms with Gasteiger partial charge >= 0.3 is 0 Å². The fraction of sp³-hybridized carbons (Fsp3) is 0.611. The number of ether oxygens (including phenoxy) is 1. The number of halogens is 2. The number of carbonyl (C=O) groups excluding carboxylic acids is 1. The van der Waals surface area contributed by atoms with E-state index in [9.17, 15) is 9.18 Å². The second kappa shape index (κ2) is 9.35. The molecule has 0 radical (unpaired) electrons. The molecule has 2 N–H and O–H groups in total. The van der Waals surface area contributed by atoms with E-state index < -0.39 is 0 Å². The van der Waals surface area contributed by atoms with Crippen LogP contribution in [-0.4, -0.2) is 31.7 Å². The summed E-state index contributed by atoms with van der Waals surface area (Å²) in [6, 6.07) is 6.31. The molecule has 2 unspecified atom stereocenters. The van der Waals surface area contributed by atoms with Gasteiger partial charge in [0, 0.05) is 19.0 Å². The van der Waals surface area contributed by atoms with Crippen LogP contribution >= 0.6 is 12.4 Å². The zero-order chi connectivity index (χ0) is 16.9. The van der Waals surface area contributed by atoms with Crippen molar-refractivity contribution in [2.45, 2.75) is 45.7 Å². The van der Waals surface area contributed by atoms with E-state index in [1.807, 2.05) is 0 Å². The van der Waals surface area contributed by atoms with Gasteiger partial charge in [-0.3, -0.25) is 4.79 Å². The predicted molar refractivity (Wildman–Crippen MR) is 95.8 cm³/mol. The van der Waals surface area contributed by atoms with E-state index in [1.165, 1.54) is 12.1 Å². The van der Waals surface area contributed by atoms with Gasteiger partial charge in [0.05, 0.1) is 19.3 Å². The van der Waals surface area contributed by atoms with Crippen molar-refractivity contribution >= 4 is 18.3 Å². The molecule has 1 saturated heterocycles. The molecule has 0 aliphatic carbocycles. The van der Waals surface area contributed by atoms with Crippen LogP contribution in [0.4, 0.5) is 4.39 Å². The molecule has 1 heterocycles. The minimum Gasteiger partial charge on any atom is -0.378 e. The zero-order valence-corrected chi connectivity index (χ0v) is 15.4. The van der Waals surface area contributed by atoms with Crippen LogP contribution in [0.25, 0.3) is 0 Å². The van der Waals surface area contributed by atoms with Crippen molar-refractivity contribution in [3.8, 4) is 0 Å². The van der Waals surface area contributed by atoms with Gasteiger partial charge in [0.2, 0.25) is 5.91 Å². The highest BCUT2D eigenvalue weighted by Crippen LogP contribution is 2.29. The summed E-state index contributed by atoms with van der Waals surface area (Å²) >= 11 is 0. The smallest absolute Gasteiger partial charge is 0.222 e. The third kappa shape index (κ3) is 7.16. The largest absolute Gasteiger partial charge is 0.378 e. The summed E-state index contributed by atoms with van der Waals surface area (Å²) in [5, 5.41) is 6.38. The number of hydrogen-bond acceptors (Lipinski definition) is 3. The molecule has 0 saturated carbocycles. The Bertz CT molecular complexity index is 511. The third-order valence-corrected chi connectivity index (χ3v) is 3.85. The SMILES string of the molecule is CC(C)(C)CC(NC(=O)CC1COCCN1)c1ccc(F)cc1.Cl. The van der Waals surface area contributed by atoms with E-state index in [1.54, 1.807) is 12.1 Å². The number of amides is 1. The molecule has 4 nitrogen and oxygen atoms in total. The molecule has 0 bridgehead atoms. The predicted octanol–water partition coefficient (Wildman–Crippen LogP) is 3.22. The highest BCUT2D eigenvalue weighted by molar-refractivity contribution is 5.85. The Morgan fingerprint density at radius 2 is 2.04 bits per heavy atom. The van der Waals surface area contributed by atoms with Gasteiger partial charge in [0.15, 0.2) is 0 Å². The Kier molecular flexibility index (Phi) is 8.13. The molecule has 2 rings (SSSR count). The Labute approximate surface area is 149 Å². The van der Waals surface area contributed by atoms with Crippen LogP contribution in [0.1, 0.15) is 45.2 Å². The molecule has 1 fully saturated rings. The van der Waals surface area contributed by atoms with Crippen molar-refractivity contribution in [2.24, 2.45) is 5.41 Å². The second-order valence-electron chi connectivity index (χ2n) is 7.37. The average Bonchev–Trinajstić information content (AvgIpc) is 2.47. The van der Waals surface area contributed by atoms with Crippen LogP contribution in [0.3, 0.4) is 0 Å². The molecule has 0 spiro atoms. The van der Waals surface area contributed by atoms with Crippen molar-refractivity contribution in [3.05, 3.63) is 35.6 Å². The summed E-state index contributed by atoms with van der Waals surface area (Å²) < 4.78 is 18.5. The topological polar surface area (TPSA) is 50.4 Å². The number of hydrogen-bond donors (Lipinski definition) is 2. The standard InChI is InChI=1S/C18H27FN2O2.ClH/c1-18(2,3)11-16(13-4-6-14(19)7-5-13)21-17(22)10-15-12-23-9-8-20-15;/h4-7,15-16,20H,8-12H2,1-3H3,(H,21,22);1H. The van der Waals surface area contributed by atoms with Crippen LogP contribution in [0, 0.1) is 11.2 Å². The van der Waals surface area contributed by atoms with E-state index in [-0.39, 0.29) is 41.6 Å².